The van der Waals surface area contributed by atoms with Crippen LogP contribution in [0.25, 0.3) is 0 Å². The van der Waals surface area contributed by atoms with Crippen molar-refractivity contribution in [2.45, 2.75) is 6.92 Å². The van der Waals surface area contributed by atoms with Crippen molar-refractivity contribution >= 4 is 28.9 Å². The fourth-order valence-electron chi connectivity index (χ4n) is 3.34. The highest BCUT2D eigenvalue weighted by atomic mass is 16.6. The number of nitro benzene ring substituents is 1. The molecule has 0 aliphatic carbocycles. The van der Waals surface area contributed by atoms with E-state index < -0.39 is 10.8 Å². The van der Waals surface area contributed by atoms with Gasteiger partial charge in [0.2, 0.25) is 5.91 Å². The van der Waals surface area contributed by atoms with Gasteiger partial charge >= 0.3 is 0 Å². The first-order valence-electron chi connectivity index (χ1n) is 9.59. The Bertz CT molecular complexity index is 939. The lowest BCUT2D eigenvalue weighted by Crippen LogP contribution is -2.36. The third kappa shape index (κ3) is 4.93. The smallest absolute Gasteiger partial charge is 0.285 e. The number of benzene rings is 2. The molecule has 30 heavy (non-hydrogen) atoms. The molecule has 1 heterocycles. The molecule has 0 spiro atoms. The first kappa shape index (κ1) is 21.3. The summed E-state index contributed by atoms with van der Waals surface area (Å²) in [7, 11) is 1.44. The second-order valence-corrected chi connectivity index (χ2v) is 7.08. The molecule has 0 radical (unpaired) electrons. The van der Waals surface area contributed by atoms with Crippen molar-refractivity contribution in [3.8, 4) is 0 Å². The van der Waals surface area contributed by atoms with Gasteiger partial charge in [0.15, 0.2) is 0 Å². The molecule has 158 valence electrons. The molecule has 1 aliphatic rings. The monoisotopic (exact) mass is 412 g/mol. The van der Waals surface area contributed by atoms with Crippen LogP contribution in [0.15, 0.2) is 42.5 Å². The Hall–Kier alpha value is -3.46. The zero-order valence-corrected chi connectivity index (χ0v) is 17.0. The fourth-order valence-corrected chi connectivity index (χ4v) is 3.34. The molecule has 0 atom stereocenters. The van der Waals surface area contributed by atoms with Gasteiger partial charge in [-0.15, -0.1) is 0 Å². The predicted octanol–water partition coefficient (Wildman–Crippen LogP) is 2.45. The maximum Gasteiger partial charge on any atom is 0.285 e. The zero-order chi connectivity index (χ0) is 21.7. The summed E-state index contributed by atoms with van der Waals surface area (Å²) in [6, 6.07) is 12.0. The normalized spacial score (nSPS) is 13.6. The summed E-state index contributed by atoms with van der Waals surface area (Å²) in [5.74, 6) is -0.969. The molecule has 2 amide bonds. The maximum absolute atomic E-state index is 12.7. The van der Waals surface area contributed by atoms with E-state index in [-0.39, 0.29) is 23.7 Å². The molecule has 1 aliphatic heterocycles. The van der Waals surface area contributed by atoms with E-state index in [9.17, 15) is 19.7 Å². The van der Waals surface area contributed by atoms with Gasteiger partial charge in [0.05, 0.1) is 24.7 Å². The highest BCUT2D eigenvalue weighted by Crippen LogP contribution is 2.24. The van der Waals surface area contributed by atoms with Gasteiger partial charge in [-0.1, -0.05) is 12.1 Å². The number of ether oxygens (including phenoxy) is 1. The van der Waals surface area contributed by atoms with Crippen LogP contribution in [0.1, 0.15) is 15.9 Å². The number of carbonyl (C=O) groups excluding carboxylic acids is 2. The summed E-state index contributed by atoms with van der Waals surface area (Å²) in [5, 5.41) is 14.1. The number of nitrogens with one attached hydrogen (secondary N) is 1. The lowest BCUT2D eigenvalue weighted by Gasteiger charge is -2.28. The number of likely N-dealkylation sites (N-methyl/N-ethyl adjacent to an activating group) is 1. The molecular weight excluding hydrogens is 388 g/mol. The Kier molecular flexibility index (Phi) is 6.63. The Balaban J connectivity index is 1.61. The number of hydrogen-bond donors (Lipinski definition) is 1. The molecule has 2 aromatic carbocycles. The highest BCUT2D eigenvalue weighted by Gasteiger charge is 2.25. The van der Waals surface area contributed by atoms with Crippen LogP contribution in [0, 0.1) is 17.0 Å². The van der Waals surface area contributed by atoms with Crippen molar-refractivity contribution in [1.29, 1.82) is 0 Å². The number of nitro groups is 1. The van der Waals surface area contributed by atoms with Gasteiger partial charge in [-0.3, -0.25) is 19.7 Å². The predicted molar refractivity (Wildman–Crippen MR) is 113 cm³/mol. The van der Waals surface area contributed by atoms with Crippen LogP contribution in [0.3, 0.4) is 0 Å². The number of rotatable bonds is 6. The Labute approximate surface area is 174 Å². The van der Waals surface area contributed by atoms with Gasteiger partial charge in [-0.05, 0) is 37.3 Å². The molecule has 1 saturated heterocycles. The van der Waals surface area contributed by atoms with E-state index in [2.05, 4.69) is 10.2 Å². The van der Waals surface area contributed by atoms with Gasteiger partial charge in [-0.25, -0.2) is 0 Å². The molecule has 1 N–H and O–H groups in total. The summed E-state index contributed by atoms with van der Waals surface area (Å²) in [5.41, 5.74) is 1.78. The van der Waals surface area contributed by atoms with Gasteiger partial charge in [0, 0.05) is 37.1 Å². The van der Waals surface area contributed by atoms with E-state index in [0.717, 1.165) is 18.8 Å². The summed E-state index contributed by atoms with van der Waals surface area (Å²) < 4.78 is 5.34. The second kappa shape index (κ2) is 9.36. The van der Waals surface area contributed by atoms with Crippen molar-refractivity contribution in [3.05, 3.63) is 63.7 Å². The quantitative estimate of drug-likeness (QED) is 0.577. The van der Waals surface area contributed by atoms with Crippen molar-refractivity contribution in [2.24, 2.45) is 0 Å². The summed E-state index contributed by atoms with van der Waals surface area (Å²) in [6.07, 6.45) is 0. The van der Waals surface area contributed by atoms with Crippen molar-refractivity contribution in [3.63, 3.8) is 0 Å². The first-order valence-corrected chi connectivity index (χ1v) is 9.59. The number of morpholine rings is 1. The number of anilines is 2. The standard InChI is InChI=1S/C21H24N4O5/c1-15-4-3-5-18(20(15)25(28)29)21(27)23(2)14-19(26)22-16-6-8-17(9-7-16)24-10-12-30-13-11-24/h3-9H,10-14H2,1-2H3,(H,22,26). The molecule has 3 rings (SSSR count). The highest BCUT2D eigenvalue weighted by molar-refractivity contribution is 6.01. The minimum atomic E-state index is -0.580. The van der Waals surface area contributed by atoms with Crippen LogP contribution < -0.4 is 10.2 Å². The van der Waals surface area contributed by atoms with Crippen LogP contribution in [0.2, 0.25) is 0 Å². The SMILES string of the molecule is Cc1cccc(C(=O)N(C)CC(=O)Nc2ccc(N3CCOCC3)cc2)c1[N+](=O)[O-]. The topological polar surface area (TPSA) is 105 Å². The van der Waals surface area contributed by atoms with Crippen LogP contribution in [0.5, 0.6) is 0 Å². The molecule has 0 bridgehead atoms. The number of hydrogen-bond acceptors (Lipinski definition) is 6. The van der Waals surface area contributed by atoms with Crippen molar-refractivity contribution in [1.82, 2.24) is 4.90 Å². The van der Waals surface area contributed by atoms with E-state index in [1.807, 2.05) is 12.1 Å². The van der Waals surface area contributed by atoms with Crippen molar-refractivity contribution in [2.75, 3.05) is 50.1 Å². The zero-order valence-electron chi connectivity index (χ0n) is 17.0. The molecular formula is C21H24N4O5. The van der Waals surface area contributed by atoms with E-state index >= 15 is 0 Å². The average molecular weight is 412 g/mol. The molecule has 9 nitrogen and oxygen atoms in total. The summed E-state index contributed by atoms with van der Waals surface area (Å²) in [6.45, 7) is 4.38. The first-order chi connectivity index (χ1) is 14.4. The van der Waals surface area contributed by atoms with Gasteiger partial charge in [0.25, 0.3) is 11.6 Å². The molecule has 2 aromatic rings. The lowest BCUT2D eigenvalue weighted by atomic mass is 10.1. The van der Waals surface area contributed by atoms with Gasteiger partial charge in [-0.2, -0.15) is 0 Å². The number of nitrogens with zero attached hydrogens (tertiary/aromatic N) is 3. The largest absolute Gasteiger partial charge is 0.378 e. The number of para-hydroxylation sites is 1. The Morgan fingerprint density at radius 3 is 2.47 bits per heavy atom. The maximum atomic E-state index is 12.7. The number of aryl methyl sites for hydroxylation is 1. The van der Waals surface area contributed by atoms with E-state index in [1.54, 1.807) is 31.2 Å². The summed E-state index contributed by atoms with van der Waals surface area (Å²) >= 11 is 0. The van der Waals surface area contributed by atoms with Gasteiger partial charge in [0.1, 0.15) is 5.56 Å². The molecule has 0 unspecified atom stereocenters. The number of amides is 2. The van der Waals surface area contributed by atoms with E-state index in [4.69, 9.17) is 4.74 Å². The molecule has 0 saturated carbocycles. The molecule has 9 heteroatoms. The third-order valence-corrected chi connectivity index (χ3v) is 4.91. The van der Waals surface area contributed by atoms with Crippen LogP contribution >= 0.6 is 0 Å². The Morgan fingerprint density at radius 2 is 1.83 bits per heavy atom. The summed E-state index contributed by atoms with van der Waals surface area (Å²) in [4.78, 5) is 39.1. The second-order valence-electron chi connectivity index (χ2n) is 7.08. The third-order valence-electron chi connectivity index (χ3n) is 4.91. The van der Waals surface area contributed by atoms with Crippen molar-refractivity contribution < 1.29 is 19.2 Å². The van der Waals surface area contributed by atoms with Crippen LogP contribution in [0.4, 0.5) is 17.1 Å². The van der Waals surface area contributed by atoms with E-state index in [0.29, 0.717) is 24.5 Å². The average Bonchev–Trinajstić information content (AvgIpc) is 2.73. The molecule has 0 aromatic heterocycles. The minimum Gasteiger partial charge on any atom is -0.378 e. The fraction of sp³-hybridized carbons (Fsp3) is 0.333. The lowest BCUT2D eigenvalue weighted by molar-refractivity contribution is -0.385. The van der Waals surface area contributed by atoms with Gasteiger partial charge < -0.3 is 19.9 Å². The Morgan fingerprint density at radius 1 is 1.17 bits per heavy atom. The number of carbonyl (C=O) groups is 2. The molecule has 1 fully saturated rings. The van der Waals surface area contributed by atoms with Crippen LogP contribution in [-0.2, 0) is 9.53 Å². The van der Waals surface area contributed by atoms with E-state index in [1.165, 1.54) is 18.0 Å². The van der Waals surface area contributed by atoms with Crippen LogP contribution in [-0.4, -0.2) is 61.5 Å². The minimum absolute atomic E-state index is 0.0369.